The van der Waals surface area contributed by atoms with Crippen LogP contribution >= 0.6 is 11.6 Å². The van der Waals surface area contributed by atoms with Crippen LogP contribution in [0.4, 0.5) is 0 Å². The zero-order valence-electron chi connectivity index (χ0n) is 10.2. The van der Waals surface area contributed by atoms with Gasteiger partial charge >= 0.3 is 0 Å². The number of rotatable bonds is 2. The van der Waals surface area contributed by atoms with Gasteiger partial charge in [-0.25, -0.2) is 0 Å². The van der Waals surface area contributed by atoms with Crippen LogP contribution in [0.3, 0.4) is 0 Å². The van der Waals surface area contributed by atoms with Gasteiger partial charge in [0.1, 0.15) is 5.88 Å². The van der Waals surface area contributed by atoms with Crippen molar-refractivity contribution in [2.24, 2.45) is 0 Å². The van der Waals surface area contributed by atoms with Crippen molar-refractivity contribution in [3.63, 3.8) is 0 Å². The van der Waals surface area contributed by atoms with E-state index in [1.165, 1.54) is 0 Å². The number of hydrogen-bond donors (Lipinski definition) is 2. The van der Waals surface area contributed by atoms with E-state index in [1.54, 1.807) is 6.08 Å². The summed E-state index contributed by atoms with van der Waals surface area (Å²) in [5.41, 5.74) is 4.22. The number of carbonyl (C=O) groups is 2. The van der Waals surface area contributed by atoms with E-state index in [0.717, 1.165) is 22.3 Å². The van der Waals surface area contributed by atoms with Gasteiger partial charge in [-0.05, 0) is 40.9 Å². The summed E-state index contributed by atoms with van der Waals surface area (Å²) in [5, 5.41) is 5.97. The summed E-state index contributed by atoms with van der Waals surface area (Å²) in [6.45, 7) is 0. The molecule has 0 saturated heterocycles. The number of hydrogen-bond acceptors (Lipinski definition) is 3. The Balaban J connectivity index is 2.00. The molecule has 0 aromatic rings. The van der Waals surface area contributed by atoms with Gasteiger partial charge in [-0.3, -0.25) is 9.59 Å². The van der Waals surface area contributed by atoms with Gasteiger partial charge in [-0.15, -0.1) is 11.6 Å². The monoisotopic (exact) mass is 276 g/mol. The van der Waals surface area contributed by atoms with Crippen LogP contribution in [0.2, 0.25) is 0 Å². The van der Waals surface area contributed by atoms with E-state index in [9.17, 15) is 9.59 Å². The predicted molar refractivity (Wildman–Crippen MR) is 72.4 cm³/mol. The third-order valence-electron chi connectivity index (χ3n) is 3.54. The van der Waals surface area contributed by atoms with Crippen molar-refractivity contribution >= 4 is 23.3 Å². The first-order valence-electron chi connectivity index (χ1n) is 6.14. The third-order valence-corrected chi connectivity index (χ3v) is 3.78. The molecule has 0 spiro atoms. The first kappa shape index (κ1) is 12.2. The maximum Gasteiger partial charge on any atom is 0.235 e. The molecule has 0 radical (unpaired) electrons. The molecule has 0 aromatic heterocycles. The first-order chi connectivity index (χ1) is 9.19. The summed E-state index contributed by atoms with van der Waals surface area (Å²) >= 11 is 5.53. The quantitative estimate of drug-likeness (QED) is 0.748. The topological polar surface area (TPSA) is 58.2 Å². The lowest BCUT2D eigenvalue weighted by Gasteiger charge is -2.15. The highest BCUT2D eigenvalue weighted by Gasteiger charge is 2.34. The normalized spacial score (nSPS) is 24.3. The highest BCUT2D eigenvalue weighted by Crippen LogP contribution is 2.40. The molecule has 1 unspecified atom stereocenters. The zero-order chi connectivity index (χ0) is 13.4. The number of nitrogens with one attached hydrogen (secondary N) is 2. The number of allylic oxidation sites excluding steroid dienone is 4. The summed E-state index contributed by atoms with van der Waals surface area (Å²) < 4.78 is 0. The molecule has 5 heteroatoms. The minimum absolute atomic E-state index is 0.0594. The lowest BCUT2D eigenvalue weighted by atomic mass is 9.98. The van der Waals surface area contributed by atoms with Gasteiger partial charge in [0.15, 0.2) is 5.78 Å². The standard InChI is InChI=1S/C14H13ClN2O2/c15-5-13(19)17-12-3-9-7-16-6-8-1-2-10(18)4-11(12)14(8)9/h1-2,6-7,12,16H,3-5H2,(H,17,19). The van der Waals surface area contributed by atoms with Crippen LogP contribution in [-0.2, 0) is 9.59 Å². The molecule has 1 aliphatic heterocycles. The van der Waals surface area contributed by atoms with Crippen LogP contribution in [0.5, 0.6) is 0 Å². The van der Waals surface area contributed by atoms with Gasteiger partial charge in [0, 0.05) is 18.8 Å². The van der Waals surface area contributed by atoms with Crippen molar-refractivity contribution in [3.8, 4) is 0 Å². The van der Waals surface area contributed by atoms with Gasteiger partial charge in [-0.1, -0.05) is 0 Å². The summed E-state index contributed by atoms with van der Waals surface area (Å²) in [6.07, 6.45) is 8.28. The smallest absolute Gasteiger partial charge is 0.235 e. The molecule has 3 aliphatic rings. The van der Waals surface area contributed by atoms with Gasteiger partial charge in [0.2, 0.25) is 5.91 Å². The van der Waals surface area contributed by atoms with Crippen molar-refractivity contribution in [2.45, 2.75) is 18.9 Å². The van der Waals surface area contributed by atoms with Gasteiger partial charge in [0.05, 0.1) is 6.04 Å². The second-order valence-electron chi connectivity index (χ2n) is 4.77. The largest absolute Gasteiger partial charge is 0.367 e. The van der Waals surface area contributed by atoms with E-state index in [0.29, 0.717) is 12.8 Å². The van der Waals surface area contributed by atoms with Gasteiger partial charge in [-0.2, -0.15) is 0 Å². The van der Waals surface area contributed by atoms with E-state index in [2.05, 4.69) is 10.6 Å². The SMILES string of the molecule is O=C1C=CC2=CNC=C3CC(NC(=O)CCl)C(=C23)C1. The highest BCUT2D eigenvalue weighted by molar-refractivity contribution is 6.27. The number of halogens is 1. The minimum atomic E-state index is -0.206. The van der Waals surface area contributed by atoms with Crippen LogP contribution in [0.1, 0.15) is 12.8 Å². The van der Waals surface area contributed by atoms with E-state index in [-0.39, 0.29) is 23.6 Å². The number of alkyl halides is 1. The van der Waals surface area contributed by atoms with Crippen LogP contribution in [0, 0.1) is 0 Å². The van der Waals surface area contributed by atoms with Crippen LogP contribution in [-0.4, -0.2) is 23.6 Å². The fraction of sp³-hybridized carbons (Fsp3) is 0.286. The average molecular weight is 277 g/mol. The molecule has 0 bridgehead atoms. The summed E-state index contributed by atoms with van der Waals surface area (Å²) in [5.74, 6) is -0.211. The molecule has 1 heterocycles. The molecule has 98 valence electrons. The Morgan fingerprint density at radius 3 is 3.05 bits per heavy atom. The summed E-state index contributed by atoms with van der Waals surface area (Å²) in [7, 11) is 0. The van der Waals surface area contributed by atoms with Crippen molar-refractivity contribution in [2.75, 3.05) is 5.88 Å². The molecule has 4 nitrogen and oxygen atoms in total. The molecule has 0 fully saturated rings. The van der Waals surface area contributed by atoms with Crippen molar-refractivity contribution in [1.82, 2.24) is 10.6 Å². The van der Waals surface area contributed by atoms with Crippen LogP contribution in [0.15, 0.2) is 46.8 Å². The Bertz CT molecular complexity index is 584. The Labute approximate surface area is 115 Å². The number of ketones is 1. The molecule has 19 heavy (non-hydrogen) atoms. The number of dihydropyridines is 1. The Morgan fingerprint density at radius 1 is 1.42 bits per heavy atom. The molecular weight excluding hydrogens is 264 g/mol. The molecular formula is C14H13ClN2O2. The molecule has 2 aliphatic carbocycles. The van der Waals surface area contributed by atoms with Crippen LogP contribution in [0.25, 0.3) is 0 Å². The van der Waals surface area contributed by atoms with Crippen molar-refractivity contribution in [3.05, 3.63) is 46.8 Å². The van der Waals surface area contributed by atoms with E-state index < -0.39 is 0 Å². The Hall–Kier alpha value is -1.81. The highest BCUT2D eigenvalue weighted by atomic mass is 35.5. The average Bonchev–Trinajstić information content (AvgIpc) is 2.63. The Morgan fingerprint density at radius 2 is 2.26 bits per heavy atom. The van der Waals surface area contributed by atoms with E-state index in [4.69, 9.17) is 11.6 Å². The second kappa shape index (κ2) is 4.70. The summed E-state index contributed by atoms with van der Waals surface area (Å²) in [4.78, 5) is 23.3. The van der Waals surface area contributed by atoms with Crippen molar-refractivity contribution in [1.29, 1.82) is 0 Å². The molecule has 0 saturated carbocycles. The molecule has 1 amide bonds. The molecule has 2 N–H and O–H groups in total. The zero-order valence-corrected chi connectivity index (χ0v) is 11.0. The maximum atomic E-state index is 11.8. The second-order valence-corrected chi connectivity index (χ2v) is 5.04. The first-order valence-corrected chi connectivity index (χ1v) is 6.68. The maximum absolute atomic E-state index is 11.8. The molecule has 1 atom stereocenters. The molecule has 0 aromatic carbocycles. The van der Waals surface area contributed by atoms with E-state index in [1.807, 2.05) is 18.5 Å². The Kier molecular flexibility index (Phi) is 3.03. The minimum Gasteiger partial charge on any atom is -0.367 e. The molecule has 3 rings (SSSR count). The summed E-state index contributed by atoms with van der Waals surface area (Å²) in [6, 6.07) is -0.125. The lowest BCUT2D eigenvalue weighted by Crippen LogP contribution is -2.35. The third kappa shape index (κ3) is 2.12. The fourth-order valence-electron chi connectivity index (χ4n) is 2.78. The lowest BCUT2D eigenvalue weighted by molar-refractivity contribution is -0.119. The van der Waals surface area contributed by atoms with Crippen LogP contribution < -0.4 is 10.6 Å². The van der Waals surface area contributed by atoms with E-state index >= 15 is 0 Å². The van der Waals surface area contributed by atoms with Gasteiger partial charge in [0.25, 0.3) is 0 Å². The predicted octanol–water partition coefficient (Wildman–Crippen LogP) is 1.31. The fourth-order valence-corrected chi connectivity index (χ4v) is 2.85. The number of carbonyl (C=O) groups excluding carboxylic acids is 2. The van der Waals surface area contributed by atoms with Crippen molar-refractivity contribution < 1.29 is 9.59 Å². The van der Waals surface area contributed by atoms with Gasteiger partial charge < -0.3 is 10.6 Å². The number of amides is 1.